The number of hydrogen-bond acceptors (Lipinski definition) is 4. The van der Waals surface area contributed by atoms with Crippen LogP contribution in [0.2, 0.25) is 0 Å². The van der Waals surface area contributed by atoms with Crippen molar-refractivity contribution >= 4 is 15.9 Å². The predicted octanol–water partition coefficient (Wildman–Crippen LogP) is 1.44. The number of carbonyl (C=O) groups excluding carboxylic acids is 1. The molecule has 0 saturated carbocycles. The number of piperidine rings is 2. The van der Waals surface area contributed by atoms with Gasteiger partial charge in [0.25, 0.3) is 0 Å². The molecule has 1 unspecified atom stereocenters. The topological polar surface area (TPSA) is 78.5 Å². The third-order valence-corrected chi connectivity index (χ3v) is 8.07. The molecule has 2 saturated heterocycles. The van der Waals surface area contributed by atoms with E-state index in [9.17, 15) is 13.2 Å². The monoisotopic (exact) mass is 391 g/mol. The SMILES string of the molecule is O=C(NC1CCCNC1)C1CCN(S(=O)(=O)c2ccc3c(c2)CCC3)CC1. The van der Waals surface area contributed by atoms with Gasteiger partial charge in [-0.25, -0.2) is 8.42 Å². The maximum absolute atomic E-state index is 13.0. The van der Waals surface area contributed by atoms with E-state index in [4.69, 9.17) is 0 Å². The number of benzene rings is 1. The van der Waals surface area contributed by atoms with Crippen molar-refractivity contribution in [2.45, 2.75) is 55.9 Å². The van der Waals surface area contributed by atoms with E-state index in [0.717, 1.165) is 45.2 Å². The maximum atomic E-state index is 13.0. The Morgan fingerprint density at radius 3 is 2.59 bits per heavy atom. The molecule has 1 aromatic rings. The lowest BCUT2D eigenvalue weighted by atomic mass is 9.96. The Kier molecular flexibility index (Phi) is 5.53. The van der Waals surface area contributed by atoms with Gasteiger partial charge in [0.2, 0.25) is 15.9 Å². The van der Waals surface area contributed by atoms with E-state index in [1.807, 2.05) is 12.1 Å². The van der Waals surface area contributed by atoms with Gasteiger partial charge in [0.1, 0.15) is 0 Å². The lowest BCUT2D eigenvalue weighted by Gasteiger charge is -2.32. The summed E-state index contributed by atoms with van der Waals surface area (Å²) in [6.45, 7) is 2.68. The van der Waals surface area contributed by atoms with Crippen LogP contribution < -0.4 is 10.6 Å². The number of carbonyl (C=O) groups is 1. The molecule has 27 heavy (non-hydrogen) atoms. The molecule has 3 aliphatic rings. The zero-order chi connectivity index (χ0) is 18.9. The summed E-state index contributed by atoms with van der Waals surface area (Å²) in [5.41, 5.74) is 2.45. The highest BCUT2D eigenvalue weighted by atomic mass is 32.2. The van der Waals surface area contributed by atoms with Gasteiger partial charge in [-0.2, -0.15) is 4.31 Å². The van der Waals surface area contributed by atoms with Gasteiger partial charge in [-0.05, 0) is 74.8 Å². The lowest BCUT2D eigenvalue weighted by molar-refractivity contribution is -0.126. The first kappa shape index (κ1) is 18.9. The van der Waals surface area contributed by atoms with Gasteiger partial charge < -0.3 is 10.6 Å². The number of fused-ring (bicyclic) bond motifs is 1. The molecule has 7 heteroatoms. The van der Waals surface area contributed by atoms with E-state index >= 15 is 0 Å². The molecule has 6 nitrogen and oxygen atoms in total. The fraction of sp³-hybridized carbons (Fsp3) is 0.650. The lowest BCUT2D eigenvalue weighted by Crippen LogP contribution is -2.49. The molecule has 1 aromatic carbocycles. The smallest absolute Gasteiger partial charge is 0.243 e. The molecule has 0 radical (unpaired) electrons. The fourth-order valence-corrected chi connectivity index (χ4v) is 6.03. The summed E-state index contributed by atoms with van der Waals surface area (Å²) in [5, 5.41) is 6.44. The highest BCUT2D eigenvalue weighted by Gasteiger charge is 2.33. The molecule has 2 fully saturated rings. The molecule has 148 valence electrons. The summed E-state index contributed by atoms with van der Waals surface area (Å²) in [5.74, 6) is -0.00308. The van der Waals surface area contributed by atoms with Gasteiger partial charge in [-0.3, -0.25) is 4.79 Å². The Bertz CT molecular complexity index is 795. The molecule has 0 spiro atoms. The maximum Gasteiger partial charge on any atom is 0.243 e. The molecule has 2 N–H and O–H groups in total. The second-order valence-corrected chi connectivity index (χ2v) is 9.95. The number of hydrogen-bond donors (Lipinski definition) is 2. The van der Waals surface area contributed by atoms with Crippen molar-refractivity contribution in [2.75, 3.05) is 26.2 Å². The molecule has 1 amide bonds. The van der Waals surface area contributed by atoms with Crippen LogP contribution in [-0.2, 0) is 27.7 Å². The highest BCUT2D eigenvalue weighted by molar-refractivity contribution is 7.89. The van der Waals surface area contributed by atoms with E-state index < -0.39 is 10.0 Å². The van der Waals surface area contributed by atoms with E-state index in [2.05, 4.69) is 10.6 Å². The summed E-state index contributed by atoms with van der Waals surface area (Å²) in [6, 6.07) is 5.77. The number of amides is 1. The van der Waals surface area contributed by atoms with Crippen LogP contribution in [0.4, 0.5) is 0 Å². The van der Waals surface area contributed by atoms with Crippen molar-refractivity contribution in [2.24, 2.45) is 5.92 Å². The Hall–Kier alpha value is -1.44. The molecule has 1 atom stereocenters. The summed E-state index contributed by atoms with van der Waals surface area (Å²) in [4.78, 5) is 12.9. The number of nitrogens with zero attached hydrogens (tertiary/aromatic N) is 1. The van der Waals surface area contributed by atoms with E-state index in [-0.39, 0.29) is 17.9 Å². The molecule has 2 heterocycles. The number of sulfonamides is 1. The zero-order valence-electron chi connectivity index (χ0n) is 15.7. The molecule has 0 aromatic heterocycles. The quantitative estimate of drug-likeness (QED) is 0.814. The average Bonchev–Trinajstić information content (AvgIpc) is 3.17. The first-order chi connectivity index (χ1) is 13.0. The third kappa shape index (κ3) is 4.05. The van der Waals surface area contributed by atoms with Gasteiger partial charge in [-0.1, -0.05) is 6.07 Å². The van der Waals surface area contributed by atoms with E-state index in [0.29, 0.717) is 30.8 Å². The van der Waals surface area contributed by atoms with Gasteiger partial charge in [0, 0.05) is 31.6 Å². The minimum absolute atomic E-state index is 0.0817. The Balaban J connectivity index is 1.36. The van der Waals surface area contributed by atoms with Crippen molar-refractivity contribution in [3.05, 3.63) is 29.3 Å². The first-order valence-corrected chi connectivity index (χ1v) is 11.6. The largest absolute Gasteiger partial charge is 0.352 e. The van der Waals surface area contributed by atoms with Crippen molar-refractivity contribution in [3.63, 3.8) is 0 Å². The van der Waals surface area contributed by atoms with Gasteiger partial charge in [0.05, 0.1) is 4.90 Å². The van der Waals surface area contributed by atoms with Crippen LogP contribution in [0.3, 0.4) is 0 Å². The fourth-order valence-electron chi connectivity index (χ4n) is 4.51. The zero-order valence-corrected chi connectivity index (χ0v) is 16.6. The van der Waals surface area contributed by atoms with Gasteiger partial charge in [0.15, 0.2) is 0 Å². The van der Waals surface area contributed by atoms with Crippen LogP contribution in [-0.4, -0.2) is 50.9 Å². The molecule has 0 bridgehead atoms. The Morgan fingerprint density at radius 1 is 1.07 bits per heavy atom. The average molecular weight is 392 g/mol. The van der Waals surface area contributed by atoms with E-state index in [1.54, 1.807) is 10.4 Å². The minimum Gasteiger partial charge on any atom is -0.352 e. The minimum atomic E-state index is -3.47. The normalized spacial score (nSPS) is 24.5. The molecular weight excluding hydrogens is 362 g/mol. The summed E-state index contributed by atoms with van der Waals surface area (Å²) >= 11 is 0. The van der Waals surface area contributed by atoms with Crippen molar-refractivity contribution < 1.29 is 13.2 Å². The summed E-state index contributed by atoms with van der Waals surface area (Å²) in [6.07, 6.45) is 6.42. The van der Waals surface area contributed by atoms with Crippen LogP contribution in [0, 0.1) is 5.92 Å². The van der Waals surface area contributed by atoms with E-state index in [1.165, 1.54) is 11.1 Å². The molecule has 4 rings (SSSR count). The molecular formula is C20H29N3O3S. The second-order valence-electron chi connectivity index (χ2n) is 8.01. The standard InChI is InChI=1S/C20H29N3O3S/c24-20(22-18-5-2-10-21-14-18)16-8-11-23(12-9-16)27(25,26)19-7-6-15-3-1-4-17(15)13-19/h6-7,13,16,18,21H,1-5,8-12,14H2,(H,22,24). The predicted molar refractivity (Wildman–Crippen MR) is 104 cm³/mol. The van der Waals surface area contributed by atoms with Crippen LogP contribution >= 0.6 is 0 Å². The molecule has 1 aliphatic carbocycles. The van der Waals surface area contributed by atoms with Crippen LogP contribution in [0.25, 0.3) is 0 Å². The van der Waals surface area contributed by atoms with Crippen molar-refractivity contribution in [1.82, 2.24) is 14.9 Å². The van der Waals surface area contributed by atoms with Crippen LogP contribution in [0.5, 0.6) is 0 Å². The number of rotatable bonds is 4. The summed E-state index contributed by atoms with van der Waals surface area (Å²) < 4.78 is 27.5. The number of nitrogens with one attached hydrogen (secondary N) is 2. The second kappa shape index (κ2) is 7.89. The van der Waals surface area contributed by atoms with Gasteiger partial charge in [-0.15, -0.1) is 0 Å². The van der Waals surface area contributed by atoms with Crippen molar-refractivity contribution in [3.8, 4) is 0 Å². The third-order valence-electron chi connectivity index (χ3n) is 6.18. The van der Waals surface area contributed by atoms with Crippen molar-refractivity contribution in [1.29, 1.82) is 0 Å². The van der Waals surface area contributed by atoms with Crippen LogP contribution in [0.15, 0.2) is 23.1 Å². The van der Waals surface area contributed by atoms with Crippen LogP contribution in [0.1, 0.15) is 43.2 Å². The number of aryl methyl sites for hydroxylation is 2. The highest BCUT2D eigenvalue weighted by Crippen LogP contribution is 2.28. The van der Waals surface area contributed by atoms with Gasteiger partial charge >= 0.3 is 0 Å². The Labute approximate surface area is 161 Å². The molecule has 2 aliphatic heterocycles. The summed E-state index contributed by atoms with van der Waals surface area (Å²) in [7, 11) is -3.47. The Morgan fingerprint density at radius 2 is 1.85 bits per heavy atom. The first-order valence-electron chi connectivity index (χ1n) is 10.2.